The summed E-state index contributed by atoms with van der Waals surface area (Å²) >= 11 is 0. The molecule has 0 heterocycles. The number of hydrogen-bond donors (Lipinski definition) is 2. The van der Waals surface area contributed by atoms with Gasteiger partial charge in [-0.1, -0.05) is 106 Å². The number of aliphatic carboxylic acids is 2. The molecule has 0 saturated heterocycles. The molecule has 1 aliphatic carbocycles. The normalized spacial score (nSPS) is 18.1. The van der Waals surface area contributed by atoms with Crippen molar-refractivity contribution in [1.29, 1.82) is 0 Å². The van der Waals surface area contributed by atoms with E-state index in [-0.39, 0.29) is 33.1 Å². The molecule has 1 aliphatic rings. The van der Waals surface area contributed by atoms with Gasteiger partial charge in [-0.3, -0.25) is 0 Å². The second kappa shape index (κ2) is 20.9. The van der Waals surface area contributed by atoms with Crippen LogP contribution in [-0.2, 0) is 30.7 Å². The maximum atomic E-state index is 10.6. The van der Waals surface area contributed by atoms with E-state index >= 15 is 0 Å². The topological polar surface area (TPSA) is 132 Å². The Bertz CT molecular complexity index is 455. The number of carbonyl (C=O) groups excluding carboxylic acids is 2. The third-order valence-corrected chi connectivity index (χ3v) is 6.29. The summed E-state index contributed by atoms with van der Waals surface area (Å²) in [6.07, 6.45) is 15.3. The van der Waals surface area contributed by atoms with Gasteiger partial charge in [0.15, 0.2) is 0 Å². The number of carboxylic acid groups (broad SMARTS) is 2. The summed E-state index contributed by atoms with van der Waals surface area (Å²) in [6.45, 7) is 11.2. The van der Waals surface area contributed by atoms with Crippen LogP contribution >= 0.6 is 0 Å². The van der Waals surface area contributed by atoms with Crippen LogP contribution in [0.1, 0.15) is 131 Å². The molecule has 0 aromatic heterocycles. The van der Waals surface area contributed by atoms with Gasteiger partial charge in [0.2, 0.25) is 0 Å². The fraction of sp³-hybridized carbons (Fsp3) is 0.923. The van der Waals surface area contributed by atoms with E-state index in [0.29, 0.717) is 0 Å². The average molecular weight is 652 g/mol. The molecule has 1 saturated carbocycles. The smallest absolute Gasteiger partial charge is 0.550 e. The Morgan fingerprint density at radius 2 is 1.00 bits per heavy atom. The summed E-state index contributed by atoms with van der Waals surface area (Å²) in [4.78, 5) is 21.1. The molecular formula is C26H52N2O4Pt. The van der Waals surface area contributed by atoms with Crippen molar-refractivity contribution in [2.75, 3.05) is 0 Å². The summed E-state index contributed by atoms with van der Waals surface area (Å²) in [6, 6.07) is 0.562. The van der Waals surface area contributed by atoms with E-state index in [1.54, 1.807) is 27.7 Å². The Labute approximate surface area is 218 Å². The molecule has 0 aliphatic heterocycles. The van der Waals surface area contributed by atoms with Crippen molar-refractivity contribution in [3.05, 3.63) is 0 Å². The maximum Gasteiger partial charge on any atom is 2.00 e. The number of rotatable bonds is 12. The molecule has 1 rings (SSSR count). The van der Waals surface area contributed by atoms with Crippen molar-refractivity contribution in [3.63, 3.8) is 0 Å². The largest absolute Gasteiger partial charge is 2.00 e. The summed E-state index contributed by atoms with van der Waals surface area (Å²) in [7, 11) is 0. The Kier molecular flexibility index (Phi) is 23.5. The zero-order valence-electron chi connectivity index (χ0n) is 22.2. The van der Waals surface area contributed by atoms with Crippen LogP contribution in [-0.4, -0.2) is 24.0 Å². The molecule has 0 spiro atoms. The Hall–Kier alpha value is -0.452. The van der Waals surface area contributed by atoms with E-state index in [0.717, 1.165) is 51.4 Å². The summed E-state index contributed by atoms with van der Waals surface area (Å²) < 4.78 is 0. The molecule has 7 heteroatoms. The molecule has 2 atom stereocenters. The molecule has 4 N–H and O–H groups in total. The van der Waals surface area contributed by atoms with E-state index in [1.165, 1.54) is 38.5 Å². The fourth-order valence-electron chi connectivity index (χ4n) is 3.38. The van der Waals surface area contributed by atoms with Gasteiger partial charge in [0.05, 0.1) is 0 Å². The molecule has 0 bridgehead atoms. The SMILES string of the molecule is CCCCCCC(C)(C)C(=O)[O-].CCCCCCC(C)(C)C(=O)[O-].N[C@H]1CCCC[C@@H]1N.[Pt+2]. The van der Waals surface area contributed by atoms with Crippen LogP contribution in [0, 0.1) is 10.8 Å². The van der Waals surface area contributed by atoms with E-state index < -0.39 is 22.8 Å². The van der Waals surface area contributed by atoms with Crippen molar-refractivity contribution in [2.24, 2.45) is 22.3 Å². The monoisotopic (exact) mass is 651 g/mol. The van der Waals surface area contributed by atoms with Gasteiger partial charge in [0.1, 0.15) is 0 Å². The molecule has 0 unspecified atom stereocenters. The van der Waals surface area contributed by atoms with Crippen LogP contribution in [0.3, 0.4) is 0 Å². The predicted molar refractivity (Wildman–Crippen MR) is 130 cm³/mol. The van der Waals surface area contributed by atoms with E-state index in [2.05, 4.69) is 13.8 Å². The summed E-state index contributed by atoms with van der Waals surface area (Å²) in [5.74, 6) is -1.86. The second-order valence-corrected chi connectivity index (χ2v) is 10.6. The first-order valence-electron chi connectivity index (χ1n) is 12.8. The fourth-order valence-corrected chi connectivity index (χ4v) is 3.38. The number of carbonyl (C=O) groups is 2. The van der Waals surface area contributed by atoms with E-state index in [9.17, 15) is 19.8 Å². The van der Waals surface area contributed by atoms with Gasteiger partial charge >= 0.3 is 21.1 Å². The van der Waals surface area contributed by atoms with E-state index in [4.69, 9.17) is 11.5 Å². The molecule has 200 valence electrons. The molecule has 0 radical (unpaired) electrons. The van der Waals surface area contributed by atoms with Crippen molar-refractivity contribution in [1.82, 2.24) is 0 Å². The van der Waals surface area contributed by atoms with Gasteiger partial charge in [-0.05, 0) is 25.7 Å². The molecule has 6 nitrogen and oxygen atoms in total. The average Bonchev–Trinajstić information content (AvgIpc) is 2.71. The Morgan fingerprint density at radius 3 is 1.21 bits per heavy atom. The first-order valence-corrected chi connectivity index (χ1v) is 12.8. The minimum atomic E-state index is -0.931. The number of unbranched alkanes of at least 4 members (excludes halogenated alkanes) is 6. The van der Waals surface area contributed by atoms with Crippen LogP contribution in [0.15, 0.2) is 0 Å². The number of hydrogen-bond acceptors (Lipinski definition) is 6. The zero-order valence-corrected chi connectivity index (χ0v) is 24.4. The first kappa shape index (κ1) is 37.1. The third-order valence-electron chi connectivity index (χ3n) is 6.29. The summed E-state index contributed by atoms with van der Waals surface area (Å²) in [5, 5.41) is 21.1. The van der Waals surface area contributed by atoms with Crippen molar-refractivity contribution >= 4 is 11.9 Å². The van der Waals surface area contributed by atoms with E-state index in [1.807, 2.05) is 0 Å². The van der Waals surface area contributed by atoms with Crippen LogP contribution in [0.2, 0.25) is 0 Å². The first-order chi connectivity index (χ1) is 14.8. The van der Waals surface area contributed by atoms with Gasteiger partial charge in [-0.15, -0.1) is 0 Å². The quantitative estimate of drug-likeness (QED) is 0.310. The molecule has 33 heavy (non-hydrogen) atoms. The third kappa shape index (κ3) is 20.6. The summed E-state index contributed by atoms with van der Waals surface area (Å²) in [5.41, 5.74) is 10.0. The van der Waals surface area contributed by atoms with Gasteiger partial charge in [0, 0.05) is 34.9 Å². The minimum absolute atomic E-state index is 0. The van der Waals surface area contributed by atoms with Crippen molar-refractivity contribution in [3.8, 4) is 0 Å². The van der Waals surface area contributed by atoms with Gasteiger partial charge in [0.25, 0.3) is 0 Å². The Balaban J connectivity index is -0.000000410. The number of carboxylic acids is 2. The molecular weight excluding hydrogens is 599 g/mol. The van der Waals surface area contributed by atoms with Crippen LogP contribution in [0.25, 0.3) is 0 Å². The van der Waals surface area contributed by atoms with Crippen molar-refractivity contribution < 1.29 is 40.9 Å². The van der Waals surface area contributed by atoms with Gasteiger partial charge in [-0.2, -0.15) is 0 Å². The molecule has 0 amide bonds. The van der Waals surface area contributed by atoms with Crippen LogP contribution in [0.4, 0.5) is 0 Å². The standard InChI is InChI=1S/2C10H20O2.C6H14N2.Pt/c2*1-4-5-6-7-8-10(2,3)9(11)12;7-5-3-1-2-4-6(5)8;/h2*4-8H2,1-3H3,(H,11,12);5-6H,1-4,7-8H2;/q;;;+2/p-2/t;;5-,6-;/m..0./s1. The van der Waals surface area contributed by atoms with Gasteiger partial charge in [-0.25, -0.2) is 0 Å². The predicted octanol–water partition coefficient (Wildman–Crippen LogP) is 3.68. The second-order valence-electron chi connectivity index (χ2n) is 10.6. The van der Waals surface area contributed by atoms with Gasteiger partial charge < -0.3 is 31.3 Å². The molecule has 0 aromatic rings. The van der Waals surface area contributed by atoms with Crippen LogP contribution < -0.4 is 21.7 Å². The maximum absolute atomic E-state index is 10.6. The Morgan fingerprint density at radius 1 is 0.697 bits per heavy atom. The molecule has 0 aromatic carbocycles. The zero-order chi connectivity index (χ0) is 25.2. The molecule has 1 fully saturated rings. The van der Waals surface area contributed by atoms with Crippen molar-refractivity contribution in [2.45, 2.75) is 144 Å². The number of nitrogens with two attached hydrogens (primary N) is 2. The minimum Gasteiger partial charge on any atom is -0.550 e. The van der Waals surface area contributed by atoms with Crippen LogP contribution in [0.5, 0.6) is 0 Å².